The summed E-state index contributed by atoms with van der Waals surface area (Å²) in [5.41, 5.74) is 0. The van der Waals surface area contributed by atoms with E-state index in [9.17, 15) is 13.2 Å². The summed E-state index contributed by atoms with van der Waals surface area (Å²) in [5.74, 6) is 0. The Morgan fingerprint density at radius 1 is 1.33 bits per heavy atom. The minimum Gasteiger partial charge on any atom is -0.255 e. The van der Waals surface area contributed by atoms with Gasteiger partial charge in [0.2, 0.25) is 0 Å². The standard InChI is InChI=1S/C4H3F3N2/c5-4(6,7)3-1-8-2-9-3/h1-3H. The van der Waals surface area contributed by atoms with Crippen molar-refractivity contribution in [1.82, 2.24) is 0 Å². The van der Waals surface area contributed by atoms with Gasteiger partial charge in [0, 0.05) is 6.21 Å². The molecule has 0 radical (unpaired) electrons. The van der Waals surface area contributed by atoms with Gasteiger partial charge in [-0.1, -0.05) is 0 Å². The molecule has 0 spiro atoms. The Labute approximate surface area is 49.1 Å². The molecule has 1 aliphatic rings. The summed E-state index contributed by atoms with van der Waals surface area (Å²) < 4.78 is 34.7. The van der Waals surface area contributed by atoms with Crippen LogP contribution in [-0.2, 0) is 0 Å². The predicted octanol–water partition coefficient (Wildman–Crippen LogP) is 1.03. The lowest BCUT2D eigenvalue weighted by Crippen LogP contribution is -2.26. The number of alkyl halides is 3. The molecule has 0 aromatic heterocycles. The van der Waals surface area contributed by atoms with Crippen LogP contribution in [-0.4, -0.2) is 24.8 Å². The third-order valence-electron chi connectivity index (χ3n) is 0.857. The van der Waals surface area contributed by atoms with Crippen LogP contribution in [0.2, 0.25) is 0 Å². The molecule has 0 aliphatic carbocycles. The van der Waals surface area contributed by atoms with E-state index in [1.165, 1.54) is 0 Å². The maximum atomic E-state index is 11.6. The molecule has 0 fully saturated rings. The van der Waals surface area contributed by atoms with E-state index >= 15 is 0 Å². The Hall–Kier alpha value is -0.870. The van der Waals surface area contributed by atoms with Gasteiger partial charge in [0.15, 0.2) is 6.04 Å². The van der Waals surface area contributed by atoms with Crippen molar-refractivity contribution in [2.24, 2.45) is 9.98 Å². The minimum absolute atomic E-state index is 0.764. The fourth-order valence-electron chi connectivity index (χ4n) is 0.438. The summed E-state index contributed by atoms with van der Waals surface area (Å²) in [6.45, 7) is 0. The van der Waals surface area contributed by atoms with E-state index in [4.69, 9.17) is 0 Å². The van der Waals surface area contributed by atoms with Gasteiger partial charge in [0.05, 0.1) is 0 Å². The number of aliphatic imine (C=N–C) groups is 2. The average Bonchev–Trinajstić information content (AvgIpc) is 2.08. The van der Waals surface area contributed by atoms with E-state index in [1.54, 1.807) is 0 Å². The lowest BCUT2D eigenvalue weighted by Gasteiger charge is -2.06. The number of nitrogens with zero attached hydrogens (tertiary/aromatic N) is 2. The Morgan fingerprint density at radius 3 is 2.22 bits per heavy atom. The molecule has 0 saturated carbocycles. The van der Waals surface area contributed by atoms with E-state index in [0.29, 0.717) is 0 Å². The molecule has 0 saturated heterocycles. The molecule has 50 valence electrons. The maximum absolute atomic E-state index is 11.6. The Bertz CT molecular complexity index is 146. The van der Waals surface area contributed by atoms with Crippen molar-refractivity contribution < 1.29 is 13.2 Å². The van der Waals surface area contributed by atoms with Crippen LogP contribution in [0.15, 0.2) is 9.98 Å². The summed E-state index contributed by atoms with van der Waals surface area (Å²) in [7, 11) is 0. The van der Waals surface area contributed by atoms with Crippen molar-refractivity contribution in [2.75, 3.05) is 0 Å². The molecule has 0 amide bonds. The monoisotopic (exact) mass is 136 g/mol. The van der Waals surface area contributed by atoms with Gasteiger partial charge in [0.1, 0.15) is 6.34 Å². The van der Waals surface area contributed by atoms with Gasteiger partial charge >= 0.3 is 6.18 Å². The zero-order valence-electron chi connectivity index (χ0n) is 4.26. The number of rotatable bonds is 0. The van der Waals surface area contributed by atoms with Crippen LogP contribution in [0.25, 0.3) is 0 Å². The van der Waals surface area contributed by atoms with Crippen LogP contribution < -0.4 is 0 Å². The number of hydrogen-bond donors (Lipinski definition) is 0. The molecule has 1 unspecified atom stereocenters. The van der Waals surface area contributed by atoms with E-state index in [0.717, 1.165) is 12.6 Å². The second kappa shape index (κ2) is 1.82. The first-order valence-electron chi connectivity index (χ1n) is 2.22. The van der Waals surface area contributed by atoms with E-state index in [1.807, 2.05) is 0 Å². The highest BCUT2D eigenvalue weighted by Gasteiger charge is 2.39. The second-order valence-electron chi connectivity index (χ2n) is 1.55. The quantitative estimate of drug-likeness (QED) is 0.475. The molecule has 1 atom stereocenters. The summed E-state index contributed by atoms with van der Waals surface area (Å²) in [4.78, 5) is 6.23. The molecule has 9 heavy (non-hydrogen) atoms. The second-order valence-corrected chi connectivity index (χ2v) is 1.55. The van der Waals surface area contributed by atoms with Gasteiger partial charge in [-0.15, -0.1) is 0 Å². The Morgan fingerprint density at radius 2 is 2.00 bits per heavy atom. The van der Waals surface area contributed by atoms with E-state index < -0.39 is 12.2 Å². The van der Waals surface area contributed by atoms with Gasteiger partial charge in [-0.2, -0.15) is 13.2 Å². The molecule has 1 aliphatic heterocycles. The van der Waals surface area contributed by atoms with Crippen LogP contribution in [0.4, 0.5) is 13.2 Å². The van der Waals surface area contributed by atoms with Crippen LogP contribution in [0.3, 0.4) is 0 Å². The van der Waals surface area contributed by atoms with Crippen LogP contribution in [0, 0.1) is 0 Å². The molecule has 0 N–H and O–H groups in total. The van der Waals surface area contributed by atoms with Crippen molar-refractivity contribution in [1.29, 1.82) is 0 Å². The zero-order chi connectivity index (χ0) is 6.91. The highest BCUT2D eigenvalue weighted by molar-refractivity contribution is 5.82. The van der Waals surface area contributed by atoms with E-state index in [2.05, 4.69) is 9.98 Å². The highest BCUT2D eigenvalue weighted by Crippen LogP contribution is 2.22. The van der Waals surface area contributed by atoms with Gasteiger partial charge in [-0.3, -0.25) is 4.99 Å². The smallest absolute Gasteiger partial charge is 0.255 e. The van der Waals surface area contributed by atoms with Crippen molar-refractivity contribution in [3.05, 3.63) is 0 Å². The largest absolute Gasteiger partial charge is 0.415 e. The SMILES string of the molecule is FC(F)(F)C1C=NC=N1. The summed E-state index contributed by atoms with van der Waals surface area (Å²) in [5, 5.41) is 0. The predicted molar refractivity (Wildman–Crippen MR) is 26.8 cm³/mol. The van der Waals surface area contributed by atoms with Gasteiger partial charge in [-0.25, -0.2) is 4.99 Å². The van der Waals surface area contributed by atoms with Gasteiger partial charge in [0.25, 0.3) is 0 Å². The molecule has 0 aromatic carbocycles. The Balaban J connectivity index is 2.64. The zero-order valence-corrected chi connectivity index (χ0v) is 4.26. The molecule has 1 rings (SSSR count). The van der Waals surface area contributed by atoms with Crippen molar-refractivity contribution >= 4 is 12.6 Å². The number of hydrogen-bond acceptors (Lipinski definition) is 2. The van der Waals surface area contributed by atoms with Crippen LogP contribution in [0.5, 0.6) is 0 Å². The van der Waals surface area contributed by atoms with Gasteiger partial charge in [-0.05, 0) is 0 Å². The lowest BCUT2D eigenvalue weighted by molar-refractivity contribution is -0.130. The molecule has 2 nitrogen and oxygen atoms in total. The molecule has 0 bridgehead atoms. The van der Waals surface area contributed by atoms with Crippen molar-refractivity contribution in [2.45, 2.75) is 12.2 Å². The first kappa shape index (κ1) is 6.25. The van der Waals surface area contributed by atoms with Crippen molar-refractivity contribution in [3.8, 4) is 0 Å². The first-order chi connectivity index (χ1) is 4.11. The summed E-state index contributed by atoms with van der Waals surface area (Å²) >= 11 is 0. The average molecular weight is 136 g/mol. The maximum Gasteiger partial charge on any atom is 0.415 e. The third kappa shape index (κ3) is 1.28. The Kier molecular flexibility index (Phi) is 1.27. The van der Waals surface area contributed by atoms with Gasteiger partial charge < -0.3 is 0 Å². The molecule has 1 heterocycles. The molecule has 5 heteroatoms. The highest BCUT2D eigenvalue weighted by atomic mass is 19.4. The topological polar surface area (TPSA) is 24.7 Å². The minimum atomic E-state index is -4.27. The molecule has 0 aromatic rings. The molecular weight excluding hydrogens is 133 g/mol. The first-order valence-corrected chi connectivity index (χ1v) is 2.22. The third-order valence-corrected chi connectivity index (χ3v) is 0.857. The lowest BCUT2D eigenvalue weighted by atomic mass is 10.3. The van der Waals surface area contributed by atoms with Crippen molar-refractivity contribution in [3.63, 3.8) is 0 Å². The summed E-state index contributed by atoms with van der Waals surface area (Å²) in [6, 6.07) is -1.71. The fraction of sp³-hybridized carbons (Fsp3) is 0.500. The van der Waals surface area contributed by atoms with Crippen LogP contribution in [0.1, 0.15) is 0 Å². The molecular formula is C4H3F3N2. The van der Waals surface area contributed by atoms with Crippen LogP contribution >= 0.6 is 0 Å². The number of halogens is 3. The fourth-order valence-corrected chi connectivity index (χ4v) is 0.438. The normalized spacial score (nSPS) is 25.4. The summed E-state index contributed by atoms with van der Waals surface area (Å²) in [6.07, 6.45) is -2.60. The van der Waals surface area contributed by atoms with E-state index in [-0.39, 0.29) is 0 Å².